The number of nitrogens with zero attached hydrogens (tertiary/aromatic N) is 1. The van der Waals surface area contributed by atoms with Gasteiger partial charge in [-0.3, -0.25) is 0 Å². The summed E-state index contributed by atoms with van der Waals surface area (Å²) in [4.78, 5) is 2.72. The summed E-state index contributed by atoms with van der Waals surface area (Å²) in [5.74, 6) is 1.40. The highest BCUT2D eigenvalue weighted by Gasteiger charge is 2.31. The van der Waals surface area contributed by atoms with Crippen molar-refractivity contribution in [1.82, 2.24) is 10.2 Å². The quantitative estimate of drug-likeness (QED) is 0.833. The maximum atomic E-state index is 3.86. The molecule has 0 amide bonds. The number of thioether (sulfide) groups is 1. The lowest BCUT2D eigenvalue weighted by molar-refractivity contribution is 0.167. The first-order valence-corrected chi connectivity index (χ1v) is 8.56. The first-order valence-electron chi connectivity index (χ1n) is 7.51. The molecule has 0 aliphatic carbocycles. The zero-order valence-corrected chi connectivity index (χ0v) is 11.7. The van der Waals surface area contributed by atoms with Gasteiger partial charge in [0.05, 0.1) is 0 Å². The molecule has 17 heavy (non-hydrogen) atoms. The predicted octanol–water partition coefficient (Wildman–Crippen LogP) is 2.49. The highest BCUT2D eigenvalue weighted by Crippen LogP contribution is 2.28. The SMILES string of the molecule is C1CCC(CNC2CCN3CCCC3C2)SC1. The van der Waals surface area contributed by atoms with E-state index in [1.807, 2.05) is 0 Å². The molecule has 0 aromatic rings. The normalized spacial score (nSPS) is 39.2. The van der Waals surface area contributed by atoms with E-state index in [2.05, 4.69) is 22.0 Å². The molecule has 0 saturated carbocycles. The molecule has 0 aromatic carbocycles. The van der Waals surface area contributed by atoms with Gasteiger partial charge in [-0.1, -0.05) is 6.42 Å². The van der Waals surface area contributed by atoms with E-state index in [0.29, 0.717) is 0 Å². The van der Waals surface area contributed by atoms with Crippen LogP contribution in [-0.4, -0.2) is 47.6 Å². The minimum Gasteiger partial charge on any atom is -0.313 e. The highest BCUT2D eigenvalue weighted by molar-refractivity contribution is 7.99. The minimum absolute atomic E-state index is 0.817. The molecule has 3 fully saturated rings. The first kappa shape index (κ1) is 12.3. The van der Waals surface area contributed by atoms with Crippen LogP contribution in [0.3, 0.4) is 0 Å². The van der Waals surface area contributed by atoms with Crippen molar-refractivity contribution in [2.75, 3.05) is 25.4 Å². The molecule has 0 spiro atoms. The molecule has 0 aromatic heterocycles. The van der Waals surface area contributed by atoms with Crippen LogP contribution >= 0.6 is 11.8 Å². The zero-order chi connectivity index (χ0) is 11.5. The summed E-state index contributed by atoms with van der Waals surface area (Å²) in [7, 11) is 0. The second-order valence-electron chi connectivity index (χ2n) is 5.95. The third-order valence-electron chi connectivity index (χ3n) is 4.73. The molecule has 3 saturated heterocycles. The zero-order valence-electron chi connectivity index (χ0n) is 10.9. The average molecular weight is 254 g/mol. The molecule has 2 nitrogen and oxygen atoms in total. The van der Waals surface area contributed by atoms with Gasteiger partial charge < -0.3 is 10.2 Å². The Balaban J connectivity index is 1.40. The van der Waals surface area contributed by atoms with Crippen molar-refractivity contribution in [2.45, 2.75) is 62.3 Å². The van der Waals surface area contributed by atoms with Gasteiger partial charge in [-0.15, -0.1) is 0 Å². The van der Waals surface area contributed by atoms with Crippen LogP contribution in [0.25, 0.3) is 0 Å². The van der Waals surface area contributed by atoms with E-state index in [0.717, 1.165) is 17.3 Å². The topological polar surface area (TPSA) is 15.3 Å². The number of hydrogen-bond donors (Lipinski definition) is 1. The summed E-state index contributed by atoms with van der Waals surface area (Å²) in [5.41, 5.74) is 0. The molecular formula is C14H26N2S. The van der Waals surface area contributed by atoms with Crippen molar-refractivity contribution < 1.29 is 0 Å². The fraction of sp³-hybridized carbons (Fsp3) is 1.00. The van der Waals surface area contributed by atoms with Gasteiger partial charge in [0.1, 0.15) is 0 Å². The first-order chi connectivity index (χ1) is 8.42. The Morgan fingerprint density at radius 2 is 2.06 bits per heavy atom. The van der Waals surface area contributed by atoms with Crippen molar-refractivity contribution in [1.29, 1.82) is 0 Å². The van der Waals surface area contributed by atoms with E-state index in [1.165, 1.54) is 70.3 Å². The molecule has 98 valence electrons. The van der Waals surface area contributed by atoms with Crippen LogP contribution in [-0.2, 0) is 0 Å². The van der Waals surface area contributed by atoms with E-state index in [1.54, 1.807) is 0 Å². The van der Waals surface area contributed by atoms with Crippen LogP contribution in [0.15, 0.2) is 0 Å². The van der Waals surface area contributed by atoms with Crippen LogP contribution < -0.4 is 5.32 Å². The monoisotopic (exact) mass is 254 g/mol. The van der Waals surface area contributed by atoms with Crippen molar-refractivity contribution in [2.24, 2.45) is 0 Å². The Morgan fingerprint density at radius 1 is 1.06 bits per heavy atom. The van der Waals surface area contributed by atoms with Gasteiger partial charge in [0, 0.05) is 23.9 Å². The second-order valence-corrected chi connectivity index (χ2v) is 7.36. The van der Waals surface area contributed by atoms with Crippen molar-refractivity contribution >= 4 is 11.8 Å². The molecule has 1 N–H and O–H groups in total. The standard InChI is InChI=1S/C14H26N2S/c1-2-9-17-14(5-1)11-15-12-6-8-16-7-3-4-13(16)10-12/h12-15H,1-11H2. The fourth-order valence-electron chi connectivity index (χ4n) is 3.68. The lowest BCUT2D eigenvalue weighted by Crippen LogP contribution is -2.47. The van der Waals surface area contributed by atoms with Gasteiger partial charge in [-0.2, -0.15) is 11.8 Å². The van der Waals surface area contributed by atoms with Crippen molar-refractivity contribution in [3.8, 4) is 0 Å². The number of rotatable bonds is 3. The van der Waals surface area contributed by atoms with E-state index in [4.69, 9.17) is 0 Å². The molecule has 3 aliphatic rings. The third kappa shape index (κ3) is 3.18. The van der Waals surface area contributed by atoms with Crippen LogP contribution in [0.1, 0.15) is 44.9 Å². The van der Waals surface area contributed by atoms with E-state index >= 15 is 0 Å². The lowest BCUT2D eigenvalue weighted by atomic mass is 9.97. The third-order valence-corrected chi connectivity index (χ3v) is 6.13. The van der Waals surface area contributed by atoms with Crippen LogP contribution in [0.4, 0.5) is 0 Å². The Kier molecular flexibility index (Phi) is 4.30. The van der Waals surface area contributed by atoms with Crippen LogP contribution in [0.2, 0.25) is 0 Å². The minimum atomic E-state index is 0.817. The summed E-state index contributed by atoms with van der Waals surface area (Å²) in [6, 6.07) is 1.73. The predicted molar refractivity (Wildman–Crippen MR) is 75.7 cm³/mol. The van der Waals surface area contributed by atoms with Gasteiger partial charge in [0.2, 0.25) is 0 Å². The van der Waals surface area contributed by atoms with Crippen LogP contribution in [0, 0.1) is 0 Å². The van der Waals surface area contributed by atoms with Crippen molar-refractivity contribution in [3.05, 3.63) is 0 Å². The molecule has 3 atom stereocenters. The van der Waals surface area contributed by atoms with Gasteiger partial charge in [-0.05, 0) is 57.4 Å². The maximum Gasteiger partial charge on any atom is 0.0172 e. The summed E-state index contributed by atoms with van der Waals surface area (Å²) in [6.07, 6.45) is 10.0. The van der Waals surface area contributed by atoms with Gasteiger partial charge >= 0.3 is 0 Å². The van der Waals surface area contributed by atoms with Crippen molar-refractivity contribution in [3.63, 3.8) is 0 Å². The molecule has 3 heterocycles. The Hall–Kier alpha value is 0.270. The largest absolute Gasteiger partial charge is 0.313 e. The van der Waals surface area contributed by atoms with Crippen LogP contribution in [0.5, 0.6) is 0 Å². The second kappa shape index (κ2) is 5.94. The lowest BCUT2D eigenvalue weighted by Gasteiger charge is -2.36. The fourth-order valence-corrected chi connectivity index (χ4v) is 4.93. The Labute approximate surface area is 110 Å². The summed E-state index contributed by atoms with van der Waals surface area (Å²) in [5, 5.41) is 4.76. The molecular weight excluding hydrogens is 228 g/mol. The molecule has 3 rings (SSSR count). The molecule has 3 heteroatoms. The number of fused-ring (bicyclic) bond motifs is 1. The summed E-state index contributed by atoms with van der Waals surface area (Å²) >= 11 is 2.20. The van der Waals surface area contributed by atoms with Gasteiger partial charge in [0.15, 0.2) is 0 Å². The summed E-state index contributed by atoms with van der Waals surface area (Å²) < 4.78 is 0. The smallest absolute Gasteiger partial charge is 0.0172 e. The summed E-state index contributed by atoms with van der Waals surface area (Å²) in [6.45, 7) is 3.98. The van der Waals surface area contributed by atoms with E-state index in [-0.39, 0.29) is 0 Å². The molecule has 0 radical (unpaired) electrons. The van der Waals surface area contributed by atoms with E-state index < -0.39 is 0 Å². The number of piperidine rings is 1. The molecule has 3 aliphatic heterocycles. The highest BCUT2D eigenvalue weighted by atomic mass is 32.2. The number of nitrogens with one attached hydrogen (secondary N) is 1. The molecule has 3 unspecified atom stereocenters. The maximum absolute atomic E-state index is 3.86. The Morgan fingerprint density at radius 3 is 2.94 bits per heavy atom. The molecule has 0 bridgehead atoms. The average Bonchev–Trinajstić information content (AvgIpc) is 2.85. The van der Waals surface area contributed by atoms with E-state index in [9.17, 15) is 0 Å². The Bertz CT molecular complexity index is 240. The van der Waals surface area contributed by atoms with Gasteiger partial charge in [-0.25, -0.2) is 0 Å². The van der Waals surface area contributed by atoms with Gasteiger partial charge in [0.25, 0.3) is 0 Å². The number of hydrogen-bond acceptors (Lipinski definition) is 3.